The maximum atomic E-state index is 5.69. The molecular formula is C19H21N7O. The smallest absolute Gasteiger partial charge is 0.261 e. The number of nitrogens with two attached hydrogens (primary N) is 2. The van der Waals surface area contributed by atoms with Crippen LogP contribution in [-0.4, -0.2) is 26.6 Å². The Labute approximate surface area is 156 Å². The molecule has 8 nitrogen and oxygen atoms in total. The molecule has 27 heavy (non-hydrogen) atoms. The lowest BCUT2D eigenvalue weighted by molar-refractivity contribution is 0.408. The highest BCUT2D eigenvalue weighted by Crippen LogP contribution is 2.31. The molecule has 0 aliphatic rings. The Kier molecular flexibility index (Phi) is 4.89. The van der Waals surface area contributed by atoms with Gasteiger partial charge in [0.15, 0.2) is 5.82 Å². The summed E-state index contributed by atoms with van der Waals surface area (Å²) in [5.74, 6) is 1.23. The first-order valence-corrected chi connectivity index (χ1v) is 8.26. The molecule has 5 N–H and O–H groups in total. The molecule has 0 saturated carbocycles. The summed E-state index contributed by atoms with van der Waals surface area (Å²) in [6.45, 7) is 7.61. The van der Waals surface area contributed by atoms with E-state index in [-0.39, 0.29) is 5.82 Å². The molecular weight excluding hydrogens is 342 g/mol. The Morgan fingerprint density at radius 3 is 2.63 bits per heavy atom. The Bertz CT molecular complexity index is 980. The number of aromatic nitrogens is 4. The predicted molar refractivity (Wildman–Crippen MR) is 104 cm³/mol. The quantitative estimate of drug-likeness (QED) is 0.577. The number of aromatic amines is 1. The first-order valence-electron chi connectivity index (χ1n) is 8.26. The molecule has 0 unspecified atom stereocenters. The van der Waals surface area contributed by atoms with Crippen LogP contribution in [0.25, 0.3) is 17.0 Å². The highest BCUT2D eigenvalue weighted by Gasteiger charge is 2.29. The van der Waals surface area contributed by atoms with Crippen molar-refractivity contribution in [2.45, 2.75) is 19.3 Å². The Morgan fingerprint density at radius 1 is 1.30 bits per heavy atom. The van der Waals surface area contributed by atoms with Gasteiger partial charge in [0.05, 0.1) is 17.2 Å². The van der Waals surface area contributed by atoms with Gasteiger partial charge in [-0.05, 0) is 25.0 Å². The van der Waals surface area contributed by atoms with Gasteiger partial charge in [0.1, 0.15) is 5.82 Å². The monoisotopic (exact) mass is 363 g/mol. The molecule has 0 aliphatic heterocycles. The third-order valence-corrected chi connectivity index (χ3v) is 4.22. The van der Waals surface area contributed by atoms with Crippen molar-refractivity contribution < 1.29 is 4.52 Å². The van der Waals surface area contributed by atoms with Crippen molar-refractivity contribution >= 4 is 11.8 Å². The van der Waals surface area contributed by atoms with E-state index in [1.54, 1.807) is 18.6 Å². The lowest BCUT2D eigenvalue weighted by Crippen LogP contribution is -2.20. The normalized spacial score (nSPS) is 12.6. The molecule has 2 aromatic heterocycles. The lowest BCUT2D eigenvalue weighted by atomic mass is 9.83. The zero-order chi connectivity index (χ0) is 19.4. The molecule has 0 saturated heterocycles. The molecule has 0 amide bonds. The molecule has 0 aliphatic carbocycles. The second-order valence-corrected chi connectivity index (χ2v) is 6.48. The summed E-state index contributed by atoms with van der Waals surface area (Å²) < 4.78 is 5.37. The number of allylic oxidation sites excluding steroid dienone is 1. The second kappa shape index (κ2) is 7.28. The highest BCUT2D eigenvalue weighted by molar-refractivity contribution is 6.09. The highest BCUT2D eigenvalue weighted by atomic mass is 16.5. The fourth-order valence-electron chi connectivity index (χ4n) is 2.54. The van der Waals surface area contributed by atoms with E-state index in [1.165, 1.54) is 6.20 Å². The van der Waals surface area contributed by atoms with E-state index >= 15 is 0 Å². The van der Waals surface area contributed by atoms with Crippen LogP contribution in [0.1, 0.15) is 30.8 Å². The fraction of sp³-hybridized carbons (Fsp3) is 0.158. The van der Waals surface area contributed by atoms with Crippen LogP contribution in [0.3, 0.4) is 0 Å². The molecule has 0 bridgehead atoms. The minimum atomic E-state index is -0.448. The summed E-state index contributed by atoms with van der Waals surface area (Å²) in [7, 11) is 0. The number of rotatable bonds is 6. The van der Waals surface area contributed by atoms with E-state index in [4.69, 9.17) is 16.0 Å². The Hall–Kier alpha value is -3.68. The summed E-state index contributed by atoms with van der Waals surface area (Å²) in [4.78, 5) is 8.50. The van der Waals surface area contributed by atoms with E-state index in [0.717, 1.165) is 22.3 Å². The van der Waals surface area contributed by atoms with Crippen LogP contribution in [0.15, 0.2) is 64.8 Å². The van der Waals surface area contributed by atoms with Crippen molar-refractivity contribution in [1.82, 2.24) is 20.3 Å². The average molecular weight is 363 g/mol. The number of H-pyrrole nitrogens is 1. The van der Waals surface area contributed by atoms with Gasteiger partial charge in [0, 0.05) is 24.2 Å². The van der Waals surface area contributed by atoms with Gasteiger partial charge >= 0.3 is 0 Å². The minimum absolute atomic E-state index is 0.220. The van der Waals surface area contributed by atoms with E-state index < -0.39 is 5.41 Å². The first-order chi connectivity index (χ1) is 12.9. The van der Waals surface area contributed by atoms with Crippen LogP contribution < -0.4 is 11.5 Å². The van der Waals surface area contributed by atoms with Gasteiger partial charge in [0.25, 0.3) is 5.89 Å². The number of benzene rings is 1. The average Bonchev–Trinajstić information content (AvgIpc) is 3.34. The van der Waals surface area contributed by atoms with Crippen LogP contribution in [-0.2, 0) is 5.41 Å². The van der Waals surface area contributed by atoms with Crippen LogP contribution in [0, 0.1) is 0 Å². The van der Waals surface area contributed by atoms with Crippen molar-refractivity contribution in [3.63, 3.8) is 0 Å². The summed E-state index contributed by atoms with van der Waals surface area (Å²) >= 11 is 0. The van der Waals surface area contributed by atoms with Gasteiger partial charge in [-0.1, -0.05) is 36.0 Å². The van der Waals surface area contributed by atoms with E-state index in [0.29, 0.717) is 11.7 Å². The maximum absolute atomic E-state index is 5.69. The van der Waals surface area contributed by atoms with Crippen LogP contribution in [0.2, 0.25) is 0 Å². The van der Waals surface area contributed by atoms with Crippen LogP contribution in [0.5, 0.6) is 0 Å². The number of nitrogens with zero attached hydrogens (tertiary/aromatic N) is 4. The zero-order valence-corrected chi connectivity index (χ0v) is 15.2. The molecule has 1 aromatic carbocycles. The van der Waals surface area contributed by atoms with Crippen molar-refractivity contribution in [3.05, 3.63) is 72.2 Å². The van der Waals surface area contributed by atoms with Gasteiger partial charge in [-0.15, -0.1) is 0 Å². The molecule has 8 heteroatoms. The van der Waals surface area contributed by atoms with Gasteiger partial charge < -0.3 is 16.0 Å². The van der Waals surface area contributed by atoms with E-state index in [9.17, 15) is 0 Å². The summed E-state index contributed by atoms with van der Waals surface area (Å²) in [5, 5.41) is 10.8. The molecule has 0 atom stereocenters. The molecule has 2 heterocycles. The number of nitrogens with one attached hydrogen (secondary N) is 1. The number of hydrogen-bond donors (Lipinski definition) is 3. The molecule has 0 radical (unpaired) electrons. The first kappa shape index (κ1) is 18.1. The summed E-state index contributed by atoms with van der Waals surface area (Å²) in [6, 6.07) is 7.91. The molecule has 3 aromatic rings. The van der Waals surface area contributed by atoms with Crippen LogP contribution >= 0.6 is 0 Å². The van der Waals surface area contributed by atoms with Gasteiger partial charge in [-0.25, -0.2) is 4.99 Å². The maximum Gasteiger partial charge on any atom is 0.261 e. The fourth-order valence-corrected chi connectivity index (χ4v) is 2.54. The van der Waals surface area contributed by atoms with Gasteiger partial charge in [-0.3, -0.25) is 5.10 Å². The zero-order valence-electron chi connectivity index (χ0n) is 15.2. The van der Waals surface area contributed by atoms with Crippen LogP contribution in [0.4, 0.5) is 0 Å². The number of aliphatic imine (C=N–C) groups is 1. The Morgan fingerprint density at radius 2 is 2.04 bits per heavy atom. The third-order valence-electron chi connectivity index (χ3n) is 4.22. The topological polar surface area (TPSA) is 132 Å². The van der Waals surface area contributed by atoms with Gasteiger partial charge in [0.2, 0.25) is 0 Å². The lowest BCUT2D eigenvalue weighted by Gasteiger charge is -2.21. The van der Waals surface area contributed by atoms with Crippen molar-refractivity contribution in [2.75, 3.05) is 0 Å². The van der Waals surface area contributed by atoms with Crippen molar-refractivity contribution in [1.29, 1.82) is 0 Å². The largest absolute Gasteiger partial charge is 0.404 e. The van der Waals surface area contributed by atoms with E-state index in [1.807, 2.05) is 38.1 Å². The molecule has 138 valence electrons. The van der Waals surface area contributed by atoms with Crippen molar-refractivity contribution in [2.24, 2.45) is 16.5 Å². The number of hydrogen-bond acceptors (Lipinski definition) is 7. The third kappa shape index (κ3) is 3.79. The molecule has 0 fully saturated rings. The summed E-state index contributed by atoms with van der Waals surface area (Å²) in [6.07, 6.45) is 6.40. The standard InChI is InChI=1S/C19H21N7O/c1-12(21)22-9-14(8-20)13-4-6-16(7-5-13)19(2,3)18-25-17(27-26-18)15-10-23-24-11-15/h4-11H,1,20-21H2,2-3H3,(H,23,24)/b14-8+,22-9?. The molecule has 0 spiro atoms. The predicted octanol–water partition coefficient (Wildman–Crippen LogP) is 2.59. The van der Waals surface area contributed by atoms with Gasteiger partial charge in [-0.2, -0.15) is 10.1 Å². The van der Waals surface area contributed by atoms with E-state index in [2.05, 4.69) is 31.9 Å². The second-order valence-electron chi connectivity index (χ2n) is 6.48. The summed E-state index contributed by atoms with van der Waals surface area (Å²) in [5.41, 5.74) is 14.1. The molecule has 3 rings (SSSR count). The van der Waals surface area contributed by atoms with Crippen molar-refractivity contribution in [3.8, 4) is 11.5 Å². The minimum Gasteiger partial charge on any atom is -0.404 e. The SMILES string of the molecule is C=C(N)N=C/C(=C\N)c1ccc(C(C)(C)c2noc(-c3cn[nH]c3)n2)cc1. The Balaban J connectivity index is 1.86.